The molecule has 102 valence electrons. The number of fused-ring (bicyclic) bond motifs is 1. The summed E-state index contributed by atoms with van der Waals surface area (Å²) in [5.74, 6) is -0.206. The summed E-state index contributed by atoms with van der Waals surface area (Å²) < 4.78 is 13.6. The molecule has 0 saturated heterocycles. The maximum atomic E-state index is 13.6. The number of pyridine rings is 1. The Hall–Kier alpha value is -2.09. The summed E-state index contributed by atoms with van der Waals surface area (Å²) in [5.41, 5.74) is 6.42. The summed E-state index contributed by atoms with van der Waals surface area (Å²) in [6, 6.07) is 11.3. The molecule has 0 amide bonds. The van der Waals surface area contributed by atoms with Gasteiger partial charge in [0, 0.05) is 10.9 Å². The summed E-state index contributed by atoms with van der Waals surface area (Å²) >= 11 is 0. The van der Waals surface area contributed by atoms with Crippen molar-refractivity contribution in [3.63, 3.8) is 0 Å². The molecule has 0 aliphatic rings. The molecule has 0 unspecified atom stereocenters. The number of aromatic nitrogens is 1. The number of halogens is 1. The van der Waals surface area contributed by atoms with Gasteiger partial charge in [0.15, 0.2) is 7.85 Å². The van der Waals surface area contributed by atoms with Crippen molar-refractivity contribution in [3.8, 4) is 11.3 Å². The molecule has 1 nitrogen and oxygen atoms in total. The standard InChI is InChI=1S/C17H16B2FN/c1-9-5-10(2)7-11(6-9)16-13-4-3-12(20)8-14(13)15(18)17(19)21-16/h3-8H,18-19H2,1-2H3. The van der Waals surface area contributed by atoms with Gasteiger partial charge in [0.25, 0.3) is 0 Å². The Morgan fingerprint density at radius 2 is 1.57 bits per heavy atom. The summed E-state index contributed by atoms with van der Waals surface area (Å²) in [6.45, 7) is 4.17. The molecule has 1 aromatic heterocycles. The van der Waals surface area contributed by atoms with Crippen LogP contribution in [0.25, 0.3) is 22.0 Å². The Labute approximate surface area is 126 Å². The molecular weight excluding hydrogens is 259 g/mol. The summed E-state index contributed by atoms with van der Waals surface area (Å²) in [6.07, 6.45) is 0. The lowest BCUT2D eigenvalue weighted by Gasteiger charge is -2.13. The first-order chi connectivity index (χ1) is 9.95. The molecule has 3 rings (SSSR count). The predicted octanol–water partition coefficient (Wildman–Crippen LogP) is 1.17. The smallest absolute Gasteiger partial charge is 0.163 e. The van der Waals surface area contributed by atoms with Crippen LogP contribution >= 0.6 is 0 Å². The molecule has 21 heavy (non-hydrogen) atoms. The third-order valence-electron chi connectivity index (χ3n) is 3.96. The van der Waals surface area contributed by atoms with Gasteiger partial charge in [0.2, 0.25) is 0 Å². The van der Waals surface area contributed by atoms with Crippen LogP contribution in [-0.4, -0.2) is 20.7 Å². The zero-order chi connectivity index (χ0) is 15.1. The number of hydrogen-bond donors (Lipinski definition) is 0. The minimum Gasteiger partial charge on any atom is -0.264 e. The van der Waals surface area contributed by atoms with Crippen LogP contribution in [0.15, 0.2) is 36.4 Å². The van der Waals surface area contributed by atoms with Crippen LogP contribution < -0.4 is 11.1 Å². The summed E-state index contributed by atoms with van der Waals surface area (Å²) in [5, 5.41) is 1.95. The molecule has 3 aromatic rings. The van der Waals surface area contributed by atoms with Crippen LogP contribution in [0.5, 0.6) is 0 Å². The molecule has 1 heterocycles. The zero-order valence-electron chi connectivity index (χ0n) is 12.8. The SMILES string of the molecule is Bc1nc(-c2cc(C)cc(C)c2)c2ccc(F)cc2c1B. The summed E-state index contributed by atoms with van der Waals surface area (Å²) in [4.78, 5) is 4.76. The molecule has 0 bridgehead atoms. The maximum Gasteiger partial charge on any atom is 0.163 e. The van der Waals surface area contributed by atoms with E-state index >= 15 is 0 Å². The average Bonchev–Trinajstić information content (AvgIpc) is 2.42. The fraction of sp³-hybridized carbons (Fsp3) is 0.118. The highest BCUT2D eigenvalue weighted by atomic mass is 19.1. The van der Waals surface area contributed by atoms with E-state index in [1.165, 1.54) is 17.2 Å². The lowest BCUT2D eigenvalue weighted by atomic mass is 9.80. The lowest BCUT2D eigenvalue weighted by Crippen LogP contribution is -2.30. The highest BCUT2D eigenvalue weighted by Gasteiger charge is 2.11. The van der Waals surface area contributed by atoms with Crippen molar-refractivity contribution in [2.24, 2.45) is 0 Å². The maximum absolute atomic E-state index is 13.6. The lowest BCUT2D eigenvalue weighted by molar-refractivity contribution is 0.630. The van der Waals surface area contributed by atoms with Crippen molar-refractivity contribution in [1.82, 2.24) is 4.98 Å². The summed E-state index contributed by atoms with van der Waals surface area (Å²) in [7, 11) is 3.97. The monoisotopic (exact) mass is 275 g/mol. The van der Waals surface area contributed by atoms with E-state index in [1.807, 2.05) is 21.8 Å². The quantitative estimate of drug-likeness (QED) is 0.608. The van der Waals surface area contributed by atoms with E-state index < -0.39 is 0 Å². The van der Waals surface area contributed by atoms with Crippen molar-refractivity contribution in [3.05, 3.63) is 53.3 Å². The molecular formula is C17H16B2FN. The van der Waals surface area contributed by atoms with E-state index in [2.05, 4.69) is 32.0 Å². The zero-order valence-corrected chi connectivity index (χ0v) is 12.8. The van der Waals surface area contributed by atoms with Gasteiger partial charge in [-0.05, 0) is 55.2 Å². The second kappa shape index (κ2) is 5.03. The fourth-order valence-corrected chi connectivity index (χ4v) is 2.87. The van der Waals surface area contributed by atoms with Crippen molar-refractivity contribution >= 4 is 37.5 Å². The first-order valence-electron chi connectivity index (χ1n) is 7.11. The van der Waals surface area contributed by atoms with Crippen LogP contribution in [-0.2, 0) is 0 Å². The van der Waals surface area contributed by atoms with Crippen LogP contribution in [0, 0.1) is 19.7 Å². The minimum absolute atomic E-state index is 0.206. The molecule has 0 aliphatic heterocycles. The Bertz CT molecular complexity index is 839. The second-order valence-electron chi connectivity index (χ2n) is 5.74. The molecule has 2 aromatic carbocycles. The van der Waals surface area contributed by atoms with E-state index in [9.17, 15) is 4.39 Å². The van der Waals surface area contributed by atoms with E-state index in [-0.39, 0.29) is 5.82 Å². The third kappa shape index (κ3) is 2.46. The first-order valence-corrected chi connectivity index (χ1v) is 7.11. The van der Waals surface area contributed by atoms with Gasteiger partial charge in [-0.3, -0.25) is 4.98 Å². The number of benzene rings is 2. The normalized spacial score (nSPS) is 11.0. The average molecular weight is 275 g/mol. The van der Waals surface area contributed by atoms with Gasteiger partial charge in [-0.25, -0.2) is 4.39 Å². The predicted molar refractivity (Wildman–Crippen MR) is 93.0 cm³/mol. The highest BCUT2D eigenvalue weighted by Crippen LogP contribution is 2.27. The van der Waals surface area contributed by atoms with E-state index in [4.69, 9.17) is 4.98 Å². The molecule has 0 saturated carbocycles. The minimum atomic E-state index is -0.206. The van der Waals surface area contributed by atoms with E-state index in [1.54, 1.807) is 6.07 Å². The van der Waals surface area contributed by atoms with Gasteiger partial charge in [-0.2, -0.15) is 0 Å². The number of rotatable bonds is 1. The topological polar surface area (TPSA) is 12.9 Å². The molecule has 0 fully saturated rings. The van der Waals surface area contributed by atoms with Gasteiger partial charge < -0.3 is 0 Å². The number of aryl methyl sites for hydroxylation is 2. The molecule has 0 atom stereocenters. The first kappa shape index (κ1) is 13.9. The third-order valence-corrected chi connectivity index (χ3v) is 3.96. The van der Waals surface area contributed by atoms with Gasteiger partial charge >= 0.3 is 0 Å². The van der Waals surface area contributed by atoms with Crippen molar-refractivity contribution in [2.45, 2.75) is 13.8 Å². The molecule has 0 radical (unpaired) electrons. The van der Waals surface area contributed by atoms with Crippen molar-refractivity contribution < 1.29 is 4.39 Å². The van der Waals surface area contributed by atoms with Crippen LogP contribution in [0.1, 0.15) is 11.1 Å². The van der Waals surface area contributed by atoms with Gasteiger partial charge in [0.1, 0.15) is 13.7 Å². The molecule has 0 aliphatic carbocycles. The largest absolute Gasteiger partial charge is 0.264 e. The Balaban J connectivity index is 2.39. The van der Waals surface area contributed by atoms with Crippen molar-refractivity contribution in [2.75, 3.05) is 0 Å². The van der Waals surface area contributed by atoms with Crippen molar-refractivity contribution in [1.29, 1.82) is 0 Å². The highest BCUT2D eigenvalue weighted by molar-refractivity contribution is 6.52. The fourth-order valence-electron chi connectivity index (χ4n) is 2.87. The van der Waals surface area contributed by atoms with Crippen LogP contribution in [0.4, 0.5) is 4.39 Å². The number of hydrogen-bond acceptors (Lipinski definition) is 1. The molecule has 0 N–H and O–H groups in total. The Kier molecular flexibility index (Phi) is 3.32. The van der Waals surface area contributed by atoms with Gasteiger partial charge in [0.05, 0.1) is 5.69 Å². The van der Waals surface area contributed by atoms with Crippen LogP contribution in [0.2, 0.25) is 0 Å². The Morgan fingerprint density at radius 1 is 0.905 bits per heavy atom. The van der Waals surface area contributed by atoms with Gasteiger partial charge in [-0.1, -0.05) is 22.7 Å². The van der Waals surface area contributed by atoms with E-state index in [0.29, 0.717) is 0 Å². The van der Waals surface area contributed by atoms with Crippen LogP contribution in [0.3, 0.4) is 0 Å². The van der Waals surface area contributed by atoms with E-state index in [0.717, 1.165) is 33.1 Å². The Morgan fingerprint density at radius 3 is 2.24 bits per heavy atom. The second-order valence-corrected chi connectivity index (χ2v) is 5.74. The molecule has 0 spiro atoms. The molecule has 4 heteroatoms. The van der Waals surface area contributed by atoms with Gasteiger partial charge in [-0.15, -0.1) is 0 Å². The number of nitrogens with zero attached hydrogens (tertiary/aromatic N) is 1.